The lowest BCUT2D eigenvalue weighted by Crippen LogP contribution is -2.51. The van der Waals surface area contributed by atoms with Crippen LogP contribution in [0.25, 0.3) is 6.08 Å². The van der Waals surface area contributed by atoms with E-state index in [-0.39, 0.29) is 12.5 Å². The van der Waals surface area contributed by atoms with Crippen molar-refractivity contribution < 1.29 is 18.7 Å². The highest BCUT2D eigenvalue weighted by molar-refractivity contribution is 5.89. The first kappa shape index (κ1) is 22.4. The van der Waals surface area contributed by atoms with E-state index >= 15 is 0 Å². The predicted octanol–water partition coefficient (Wildman–Crippen LogP) is 3.99. The van der Waals surface area contributed by atoms with Crippen molar-refractivity contribution in [1.82, 2.24) is 9.47 Å². The highest BCUT2D eigenvalue weighted by Gasteiger charge is 2.38. The maximum atomic E-state index is 12.5. The highest BCUT2D eigenvalue weighted by atomic mass is 16.5. The number of ether oxygens (including phenoxy) is 1. The van der Waals surface area contributed by atoms with Crippen molar-refractivity contribution in [2.45, 2.75) is 58.0 Å². The lowest BCUT2D eigenvalue weighted by molar-refractivity contribution is -0.150. The molecule has 0 spiro atoms. The lowest BCUT2D eigenvalue weighted by atomic mass is 9.81. The van der Waals surface area contributed by atoms with Gasteiger partial charge < -0.3 is 18.6 Å². The average Bonchev–Trinajstić information content (AvgIpc) is 3.39. The fraction of sp³-hybridized carbons (Fsp3) is 0.458. The maximum absolute atomic E-state index is 12.5. The smallest absolute Gasteiger partial charge is 0.331 e. The molecule has 0 saturated heterocycles. The number of carbonyl (C=O) groups excluding carboxylic acids is 2. The van der Waals surface area contributed by atoms with E-state index in [1.165, 1.54) is 11.0 Å². The van der Waals surface area contributed by atoms with E-state index in [1.54, 1.807) is 19.4 Å². The molecule has 2 aromatic heterocycles. The van der Waals surface area contributed by atoms with Gasteiger partial charge in [-0.1, -0.05) is 19.3 Å². The Morgan fingerprint density at radius 1 is 1.32 bits per heavy atom. The van der Waals surface area contributed by atoms with Gasteiger partial charge >= 0.3 is 5.97 Å². The summed E-state index contributed by atoms with van der Waals surface area (Å²) in [5.74, 6) is -0.0958. The summed E-state index contributed by atoms with van der Waals surface area (Å²) in [6.45, 7) is 4.21. The number of carbonyl (C=O) groups is 2. The summed E-state index contributed by atoms with van der Waals surface area (Å²) in [6, 6.07) is 8.06. The fourth-order valence-electron chi connectivity index (χ4n) is 4.13. The number of hydrogen-bond donors (Lipinski definition) is 0. The molecule has 0 unspecified atom stereocenters. The molecule has 2 heterocycles. The number of nitriles is 1. The summed E-state index contributed by atoms with van der Waals surface area (Å²) in [7, 11) is 1.62. The minimum Gasteiger partial charge on any atom is -0.467 e. The third kappa shape index (κ3) is 5.08. The Labute approximate surface area is 182 Å². The second kappa shape index (κ2) is 9.69. The quantitative estimate of drug-likeness (QED) is 0.496. The maximum Gasteiger partial charge on any atom is 0.331 e. The number of nitrogens with zero attached hydrogens (tertiary/aromatic N) is 3. The van der Waals surface area contributed by atoms with Crippen LogP contribution in [0, 0.1) is 25.2 Å². The van der Waals surface area contributed by atoms with Crippen LogP contribution in [0.5, 0.6) is 0 Å². The largest absolute Gasteiger partial charge is 0.467 e. The van der Waals surface area contributed by atoms with Crippen molar-refractivity contribution in [3.63, 3.8) is 0 Å². The monoisotopic (exact) mass is 423 g/mol. The molecule has 164 valence electrons. The zero-order valence-electron chi connectivity index (χ0n) is 18.4. The van der Waals surface area contributed by atoms with E-state index in [4.69, 9.17) is 9.15 Å². The molecule has 7 heteroatoms. The summed E-state index contributed by atoms with van der Waals surface area (Å²) in [5, 5.41) is 9.61. The van der Waals surface area contributed by atoms with Crippen molar-refractivity contribution in [2.24, 2.45) is 0 Å². The van der Waals surface area contributed by atoms with Gasteiger partial charge in [-0.2, -0.15) is 5.26 Å². The third-order valence-corrected chi connectivity index (χ3v) is 6.15. The van der Waals surface area contributed by atoms with Gasteiger partial charge in [-0.3, -0.25) is 4.79 Å². The molecule has 31 heavy (non-hydrogen) atoms. The van der Waals surface area contributed by atoms with E-state index < -0.39 is 11.5 Å². The molecule has 1 aliphatic carbocycles. The highest BCUT2D eigenvalue weighted by Crippen LogP contribution is 2.32. The SMILES string of the molecule is Cc1cc(/C=C/C(=O)OCC(=O)N(C)C2(C#N)CCCCC2)c(C)n1Cc1ccco1. The van der Waals surface area contributed by atoms with Gasteiger partial charge in [-0.15, -0.1) is 0 Å². The van der Waals surface area contributed by atoms with Crippen LogP contribution in [0.3, 0.4) is 0 Å². The molecule has 1 saturated carbocycles. The minimum absolute atomic E-state index is 0.359. The van der Waals surface area contributed by atoms with Crippen LogP contribution in [0.1, 0.15) is 54.8 Å². The van der Waals surface area contributed by atoms with E-state index in [0.717, 1.165) is 42.0 Å². The molecule has 1 aliphatic rings. The summed E-state index contributed by atoms with van der Waals surface area (Å²) < 4.78 is 12.7. The van der Waals surface area contributed by atoms with Crippen molar-refractivity contribution in [3.05, 3.63) is 53.2 Å². The average molecular weight is 424 g/mol. The third-order valence-electron chi connectivity index (χ3n) is 6.15. The van der Waals surface area contributed by atoms with Gasteiger partial charge in [-0.05, 0) is 56.5 Å². The number of aryl methyl sites for hydroxylation is 1. The lowest BCUT2D eigenvalue weighted by Gasteiger charge is -2.38. The van der Waals surface area contributed by atoms with Gasteiger partial charge in [0.15, 0.2) is 6.61 Å². The Bertz CT molecular complexity index is 989. The Kier molecular flexibility index (Phi) is 7.01. The summed E-state index contributed by atoms with van der Waals surface area (Å²) in [4.78, 5) is 26.1. The molecule has 3 rings (SSSR count). The molecule has 2 aromatic rings. The van der Waals surface area contributed by atoms with Gasteiger partial charge in [0.05, 0.1) is 18.9 Å². The first-order valence-electron chi connectivity index (χ1n) is 10.6. The van der Waals surface area contributed by atoms with Gasteiger partial charge in [0, 0.05) is 24.5 Å². The molecule has 0 aromatic carbocycles. The van der Waals surface area contributed by atoms with Gasteiger partial charge in [0.2, 0.25) is 0 Å². The van der Waals surface area contributed by atoms with Crippen LogP contribution in [-0.2, 0) is 20.9 Å². The molecule has 0 aliphatic heterocycles. The van der Waals surface area contributed by atoms with E-state index in [1.807, 2.05) is 32.0 Å². The number of aromatic nitrogens is 1. The zero-order valence-corrected chi connectivity index (χ0v) is 18.4. The number of amides is 1. The number of furan rings is 1. The van der Waals surface area contributed by atoms with E-state index in [0.29, 0.717) is 19.4 Å². The number of likely N-dealkylation sites (N-methyl/N-ethyl adjacent to an activating group) is 1. The summed E-state index contributed by atoms with van der Waals surface area (Å²) in [5.41, 5.74) is 2.16. The van der Waals surface area contributed by atoms with Crippen molar-refractivity contribution in [1.29, 1.82) is 5.26 Å². The van der Waals surface area contributed by atoms with Crippen LogP contribution in [0.2, 0.25) is 0 Å². The van der Waals surface area contributed by atoms with Gasteiger partial charge in [0.1, 0.15) is 11.3 Å². The Hall–Kier alpha value is -3.27. The number of esters is 1. The normalized spacial score (nSPS) is 15.5. The first-order chi connectivity index (χ1) is 14.9. The molecule has 0 atom stereocenters. The second-order valence-corrected chi connectivity index (χ2v) is 8.09. The molecular weight excluding hydrogens is 394 g/mol. The Balaban J connectivity index is 1.57. The van der Waals surface area contributed by atoms with E-state index in [2.05, 4.69) is 10.6 Å². The first-order valence-corrected chi connectivity index (χ1v) is 10.6. The van der Waals surface area contributed by atoms with Crippen molar-refractivity contribution in [2.75, 3.05) is 13.7 Å². The van der Waals surface area contributed by atoms with E-state index in [9.17, 15) is 14.9 Å². The molecule has 7 nitrogen and oxygen atoms in total. The number of hydrogen-bond acceptors (Lipinski definition) is 5. The predicted molar refractivity (Wildman–Crippen MR) is 116 cm³/mol. The Morgan fingerprint density at radius 2 is 2.06 bits per heavy atom. The molecule has 0 N–H and O–H groups in total. The van der Waals surface area contributed by atoms with Crippen LogP contribution in [-0.4, -0.2) is 40.5 Å². The number of rotatable bonds is 7. The van der Waals surface area contributed by atoms with Gasteiger partial charge in [-0.25, -0.2) is 4.79 Å². The molecule has 1 fully saturated rings. The Morgan fingerprint density at radius 3 is 2.71 bits per heavy atom. The molecule has 0 bridgehead atoms. The van der Waals surface area contributed by atoms with Crippen LogP contribution in [0.4, 0.5) is 0 Å². The van der Waals surface area contributed by atoms with Crippen molar-refractivity contribution >= 4 is 18.0 Å². The fourth-order valence-corrected chi connectivity index (χ4v) is 4.13. The summed E-state index contributed by atoms with van der Waals surface area (Å²) >= 11 is 0. The van der Waals surface area contributed by atoms with Crippen LogP contribution < -0.4 is 0 Å². The zero-order chi connectivity index (χ0) is 22.4. The summed E-state index contributed by atoms with van der Waals surface area (Å²) in [6.07, 6.45) is 8.90. The van der Waals surface area contributed by atoms with Gasteiger partial charge in [0.25, 0.3) is 5.91 Å². The van der Waals surface area contributed by atoms with Crippen LogP contribution >= 0.6 is 0 Å². The standard InChI is InChI=1S/C24H29N3O4/c1-18-14-20(19(2)27(18)15-21-8-7-13-30-21)9-10-23(29)31-16-22(28)26(3)24(17-25)11-5-4-6-12-24/h7-10,13-14H,4-6,11-12,15-16H2,1-3H3/b10-9+. The molecule has 0 radical (unpaired) electrons. The molecule has 1 amide bonds. The minimum atomic E-state index is -0.789. The topological polar surface area (TPSA) is 88.5 Å². The van der Waals surface area contributed by atoms with Crippen molar-refractivity contribution in [3.8, 4) is 6.07 Å². The van der Waals surface area contributed by atoms with Crippen LogP contribution in [0.15, 0.2) is 35.0 Å². The second-order valence-electron chi connectivity index (χ2n) is 8.09. The molecular formula is C24H29N3O4.